The maximum Gasteiger partial charge on any atom is 0.322 e. The van der Waals surface area contributed by atoms with Crippen molar-refractivity contribution in [2.24, 2.45) is 5.92 Å². The minimum Gasteiger partial charge on any atom is -0.327 e. The van der Waals surface area contributed by atoms with E-state index in [1.807, 2.05) is 0 Å². The van der Waals surface area contributed by atoms with Crippen LogP contribution >= 0.6 is 11.5 Å². The first kappa shape index (κ1) is 15.4. The highest BCUT2D eigenvalue weighted by molar-refractivity contribution is 7.10. The summed E-state index contributed by atoms with van der Waals surface area (Å²) in [5, 5.41) is 3.49. The van der Waals surface area contributed by atoms with Crippen molar-refractivity contribution in [3.05, 3.63) is 36.1 Å². The Hall–Kier alpha value is -1.95. The number of nitrogens with zero attached hydrogens (tertiary/aromatic N) is 2. The largest absolute Gasteiger partial charge is 0.327 e. The van der Waals surface area contributed by atoms with Gasteiger partial charge in [0.25, 0.3) is 0 Å². The van der Waals surface area contributed by atoms with Crippen molar-refractivity contribution in [1.82, 2.24) is 9.27 Å². The first-order valence-electron chi connectivity index (χ1n) is 6.70. The summed E-state index contributed by atoms with van der Waals surface area (Å²) in [6.07, 6.45) is 0. The third-order valence-electron chi connectivity index (χ3n) is 2.87. The van der Waals surface area contributed by atoms with Gasteiger partial charge in [0.2, 0.25) is 0 Å². The Balaban J connectivity index is 2.03. The number of carbonyl (C=O) groups excluding carboxylic acids is 1. The van der Waals surface area contributed by atoms with Gasteiger partial charge < -0.3 is 4.90 Å². The fourth-order valence-corrected chi connectivity index (χ4v) is 2.57. The quantitative estimate of drug-likeness (QED) is 0.925. The van der Waals surface area contributed by atoms with Gasteiger partial charge in [0.1, 0.15) is 10.8 Å². The number of carbonyl (C=O) groups is 1. The van der Waals surface area contributed by atoms with E-state index in [0.29, 0.717) is 17.5 Å². The molecule has 0 spiro atoms. The van der Waals surface area contributed by atoms with Crippen LogP contribution in [0.25, 0.3) is 11.3 Å². The van der Waals surface area contributed by atoms with Gasteiger partial charge in [-0.15, -0.1) is 0 Å². The van der Waals surface area contributed by atoms with Crippen molar-refractivity contribution in [2.75, 3.05) is 18.9 Å². The number of nitrogens with one attached hydrogen (secondary N) is 1. The lowest BCUT2D eigenvalue weighted by atomic mass is 10.1. The summed E-state index contributed by atoms with van der Waals surface area (Å²) < 4.78 is 17.2. The summed E-state index contributed by atoms with van der Waals surface area (Å²) >= 11 is 1.21. The summed E-state index contributed by atoms with van der Waals surface area (Å²) in [4.78, 5) is 13.6. The second kappa shape index (κ2) is 6.67. The average molecular weight is 307 g/mol. The molecule has 1 aromatic carbocycles. The standard InChI is InChI=1S/C15H18FN3OS/c1-10(2)9-19(3)15(20)17-14-8-13(18-21-14)11-4-6-12(16)7-5-11/h4-8,10H,9H2,1-3H3,(H,17,20). The van der Waals surface area contributed by atoms with Gasteiger partial charge in [-0.3, -0.25) is 5.32 Å². The molecule has 2 rings (SSSR count). The minimum absolute atomic E-state index is 0.155. The lowest BCUT2D eigenvalue weighted by Crippen LogP contribution is -2.33. The van der Waals surface area contributed by atoms with Crippen LogP contribution in [0.4, 0.5) is 14.2 Å². The Morgan fingerprint density at radius 3 is 2.67 bits per heavy atom. The molecule has 2 amide bonds. The first-order valence-corrected chi connectivity index (χ1v) is 7.48. The second-order valence-corrected chi connectivity index (χ2v) is 6.09. The van der Waals surface area contributed by atoms with Gasteiger partial charge in [-0.2, -0.15) is 4.37 Å². The molecule has 21 heavy (non-hydrogen) atoms. The van der Waals surface area contributed by atoms with Crippen LogP contribution in [0.2, 0.25) is 0 Å². The Bertz CT molecular complexity index is 610. The average Bonchev–Trinajstić information content (AvgIpc) is 2.87. The molecule has 0 radical (unpaired) electrons. The molecule has 112 valence electrons. The van der Waals surface area contributed by atoms with Gasteiger partial charge in [0, 0.05) is 25.2 Å². The molecule has 0 unspecified atom stereocenters. The Kier molecular flexibility index (Phi) is 4.90. The van der Waals surface area contributed by atoms with Crippen LogP contribution in [-0.2, 0) is 0 Å². The summed E-state index contributed by atoms with van der Waals surface area (Å²) in [6, 6.07) is 7.76. The molecular formula is C15H18FN3OS. The predicted molar refractivity (Wildman–Crippen MR) is 84.0 cm³/mol. The summed E-state index contributed by atoms with van der Waals surface area (Å²) in [7, 11) is 1.76. The molecule has 0 aliphatic heterocycles. The van der Waals surface area contributed by atoms with Crippen LogP contribution in [0.1, 0.15) is 13.8 Å². The number of aromatic nitrogens is 1. The number of benzene rings is 1. The molecule has 0 atom stereocenters. The molecule has 2 aromatic rings. The van der Waals surface area contributed by atoms with E-state index in [4.69, 9.17) is 0 Å². The van der Waals surface area contributed by atoms with Crippen molar-refractivity contribution in [3.63, 3.8) is 0 Å². The molecule has 0 saturated carbocycles. The number of anilines is 1. The van der Waals surface area contributed by atoms with Crippen LogP contribution < -0.4 is 5.32 Å². The van der Waals surface area contributed by atoms with Gasteiger partial charge in [-0.05, 0) is 41.7 Å². The zero-order chi connectivity index (χ0) is 15.4. The van der Waals surface area contributed by atoms with Crippen molar-refractivity contribution in [1.29, 1.82) is 0 Å². The normalized spacial score (nSPS) is 10.7. The summed E-state index contributed by atoms with van der Waals surface area (Å²) in [5.74, 6) is 0.134. The second-order valence-electron chi connectivity index (χ2n) is 5.29. The molecule has 0 saturated heterocycles. The van der Waals surface area contributed by atoms with Crippen molar-refractivity contribution in [3.8, 4) is 11.3 Å². The number of hydrogen-bond acceptors (Lipinski definition) is 3. The van der Waals surface area contributed by atoms with Gasteiger partial charge >= 0.3 is 6.03 Å². The fourth-order valence-electron chi connectivity index (χ4n) is 1.92. The van der Waals surface area contributed by atoms with E-state index in [1.54, 1.807) is 30.1 Å². The highest BCUT2D eigenvalue weighted by Crippen LogP contribution is 2.25. The fraction of sp³-hybridized carbons (Fsp3) is 0.333. The number of rotatable bonds is 4. The molecule has 4 nitrogen and oxygen atoms in total. The van der Waals surface area contributed by atoms with Gasteiger partial charge in [0.15, 0.2) is 0 Å². The molecular weight excluding hydrogens is 289 g/mol. The zero-order valence-electron chi connectivity index (χ0n) is 12.3. The number of halogens is 1. The van der Waals surface area contributed by atoms with E-state index in [0.717, 1.165) is 11.3 Å². The monoisotopic (exact) mass is 307 g/mol. The lowest BCUT2D eigenvalue weighted by molar-refractivity contribution is 0.217. The molecule has 0 bridgehead atoms. The molecule has 1 aromatic heterocycles. The van der Waals surface area contributed by atoms with E-state index >= 15 is 0 Å². The van der Waals surface area contributed by atoms with Crippen molar-refractivity contribution >= 4 is 22.6 Å². The molecule has 6 heteroatoms. The predicted octanol–water partition coefficient (Wildman–Crippen LogP) is 4.07. The van der Waals surface area contributed by atoms with Crippen molar-refractivity contribution < 1.29 is 9.18 Å². The summed E-state index contributed by atoms with van der Waals surface area (Å²) in [5.41, 5.74) is 1.55. The van der Waals surface area contributed by atoms with Crippen LogP contribution in [0, 0.1) is 11.7 Å². The Labute approximate surface area is 127 Å². The van der Waals surface area contributed by atoms with E-state index in [9.17, 15) is 9.18 Å². The third-order valence-corrected chi connectivity index (χ3v) is 3.57. The van der Waals surface area contributed by atoms with Gasteiger partial charge in [0.05, 0.1) is 5.69 Å². The van der Waals surface area contributed by atoms with Crippen LogP contribution in [0.15, 0.2) is 30.3 Å². The molecule has 0 fully saturated rings. The Morgan fingerprint density at radius 1 is 1.38 bits per heavy atom. The van der Waals surface area contributed by atoms with E-state index in [2.05, 4.69) is 23.5 Å². The number of hydrogen-bond donors (Lipinski definition) is 1. The SMILES string of the molecule is CC(C)CN(C)C(=O)Nc1cc(-c2ccc(F)cc2)ns1. The Morgan fingerprint density at radius 2 is 2.05 bits per heavy atom. The van der Waals surface area contributed by atoms with E-state index < -0.39 is 0 Å². The molecule has 0 aliphatic carbocycles. The highest BCUT2D eigenvalue weighted by Gasteiger charge is 2.12. The maximum absolute atomic E-state index is 12.9. The van der Waals surface area contributed by atoms with E-state index in [1.165, 1.54) is 23.7 Å². The van der Waals surface area contributed by atoms with Crippen LogP contribution in [0.3, 0.4) is 0 Å². The number of urea groups is 1. The first-order chi connectivity index (χ1) is 9.95. The minimum atomic E-state index is -0.280. The van der Waals surface area contributed by atoms with Crippen LogP contribution in [-0.4, -0.2) is 28.9 Å². The zero-order valence-corrected chi connectivity index (χ0v) is 13.1. The topological polar surface area (TPSA) is 45.2 Å². The lowest BCUT2D eigenvalue weighted by Gasteiger charge is -2.19. The molecule has 0 aliphatic rings. The third kappa shape index (κ3) is 4.26. The molecule has 1 N–H and O–H groups in total. The summed E-state index contributed by atoms with van der Waals surface area (Å²) in [6.45, 7) is 4.81. The maximum atomic E-state index is 12.9. The molecule has 1 heterocycles. The number of amides is 2. The van der Waals surface area contributed by atoms with E-state index in [-0.39, 0.29) is 11.8 Å². The van der Waals surface area contributed by atoms with Crippen LogP contribution in [0.5, 0.6) is 0 Å². The smallest absolute Gasteiger partial charge is 0.322 e. The van der Waals surface area contributed by atoms with Crippen molar-refractivity contribution in [2.45, 2.75) is 13.8 Å². The van der Waals surface area contributed by atoms with Gasteiger partial charge in [-0.25, -0.2) is 9.18 Å². The van der Waals surface area contributed by atoms with Gasteiger partial charge in [-0.1, -0.05) is 13.8 Å². The highest BCUT2D eigenvalue weighted by atomic mass is 32.1.